The van der Waals surface area contributed by atoms with Crippen LogP contribution in [0.1, 0.15) is 44.9 Å². The van der Waals surface area contributed by atoms with Crippen LogP contribution in [-0.4, -0.2) is 51.2 Å². The summed E-state index contributed by atoms with van der Waals surface area (Å²) in [7, 11) is 0. The second-order valence-corrected chi connectivity index (χ2v) is 7.69. The number of nitrogens with zero attached hydrogens (tertiary/aromatic N) is 4. The minimum absolute atomic E-state index is 0.131. The number of likely N-dealkylation sites (tertiary alicyclic amines) is 1. The van der Waals surface area contributed by atoms with Crippen LogP contribution >= 0.6 is 0 Å². The van der Waals surface area contributed by atoms with Gasteiger partial charge < -0.3 is 9.32 Å². The SMILES string of the molecule is CC(C)C1CC(C(=O)N2CCC(c3nnc(-c4ccccn4)o3)CC2)NN1. The van der Waals surface area contributed by atoms with Crippen molar-refractivity contribution in [2.24, 2.45) is 5.92 Å². The first kappa shape index (κ1) is 18.1. The number of nitrogens with one attached hydrogen (secondary N) is 2. The Kier molecular flexibility index (Phi) is 5.18. The van der Waals surface area contributed by atoms with Crippen LogP contribution in [-0.2, 0) is 4.79 Å². The van der Waals surface area contributed by atoms with Crippen molar-refractivity contribution in [3.63, 3.8) is 0 Å². The van der Waals surface area contributed by atoms with Gasteiger partial charge >= 0.3 is 0 Å². The average molecular weight is 370 g/mol. The molecule has 1 amide bonds. The van der Waals surface area contributed by atoms with Gasteiger partial charge in [0.15, 0.2) is 0 Å². The summed E-state index contributed by atoms with van der Waals surface area (Å²) < 4.78 is 5.83. The Morgan fingerprint density at radius 3 is 2.70 bits per heavy atom. The quantitative estimate of drug-likeness (QED) is 0.846. The number of hydrogen-bond donors (Lipinski definition) is 2. The molecule has 0 saturated carbocycles. The minimum Gasteiger partial charge on any atom is -0.419 e. The van der Waals surface area contributed by atoms with Crippen LogP contribution < -0.4 is 10.9 Å². The third-order valence-electron chi connectivity index (χ3n) is 5.52. The molecule has 144 valence electrons. The van der Waals surface area contributed by atoms with E-state index in [0.717, 1.165) is 32.4 Å². The van der Waals surface area contributed by atoms with E-state index in [9.17, 15) is 4.79 Å². The lowest BCUT2D eigenvalue weighted by Gasteiger charge is -2.32. The number of carbonyl (C=O) groups excluding carboxylic acids is 1. The fourth-order valence-electron chi connectivity index (χ4n) is 3.74. The van der Waals surface area contributed by atoms with Crippen molar-refractivity contribution in [3.8, 4) is 11.6 Å². The molecule has 0 spiro atoms. The molecule has 2 fully saturated rings. The lowest BCUT2D eigenvalue weighted by molar-refractivity contribution is -0.134. The monoisotopic (exact) mass is 370 g/mol. The van der Waals surface area contributed by atoms with Crippen molar-refractivity contribution in [2.75, 3.05) is 13.1 Å². The van der Waals surface area contributed by atoms with Gasteiger partial charge in [-0.3, -0.25) is 15.2 Å². The predicted molar refractivity (Wildman–Crippen MR) is 99.4 cm³/mol. The Morgan fingerprint density at radius 2 is 2.04 bits per heavy atom. The number of piperidine rings is 1. The van der Waals surface area contributed by atoms with Crippen LogP contribution in [0, 0.1) is 5.92 Å². The van der Waals surface area contributed by atoms with Crippen molar-refractivity contribution in [2.45, 2.75) is 51.1 Å². The standard InChI is InChI=1S/C19H26N6O2/c1-12(2)15-11-16(22-21-15)19(26)25-9-6-13(7-10-25)17-23-24-18(27-17)14-5-3-4-8-20-14/h3-5,8,12-13,15-16,21-22H,6-7,9-11H2,1-2H3. The number of amides is 1. The number of aromatic nitrogens is 3. The number of hydrazine groups is 1. The van der Waals surface area contributed by atoms with Crippen molar-refractivity contribution in [1.82, 2.24) is 30.9 Å². The molecule has 4 rings (SSSR count). The van der Waals surface area contributed by atoms with Gasteiger partial charge in [-0.15, -0.1) is 10.2 Å². The first-order chi connectivity index (χ1) is 13.1. The van der Waals surface area contributed by atoms with E-state index in [0.29, 0.717) is 29.4 Å². The number of rotatable bonds is 4. The summed E-state index contributed by atoms with van der Waals surface area (Å²) in [6.07, 6.45) is 4.22. The molecule has 8 heteroatoms. The number of hydrogen-bond acceptors (Lipinski definition) is 7. The Balaban J connectivity index is 1.33. The van der Waals surface area contributed by atoms with Crippen molar-refractivity contribution >= 4 is 5.91 Å². The molecule has 2 aliphatic rings. The van der Waals surface area contributed by atoms with E-state index >= 15 is 0 Å². The summed E-state index contributed by atoms with van der Waals surface area (Å²) in [6, 6.07) is 5.82. The van der Waals surface area contributed by atoms with Crippen LogP contribution in [0.3, 0.4) is 0 Å². The number of carbonyl (C=O) groups is 1. The lowest BCUT2D eigenvalue weighted by atomic mass is 9.95. The second kappa shape index (κ2) is 7.74. The predicted octanol–water partition coefficient (Wildman–Crippen LogP) is 1.73. The van der Waals surface area contributed by atoms with Crippen LogP contribution in [0.25, 0.3) is 11.6 Å². The fraction of sp³-hybridized carbons (Fsp3) is 0.579. The van der Waals surface area contributed by atoms with Gasteiger partial charge in [0, 0.05) is 31.2 Å². The molecule has 0 bridgehead atoms. The van der Waals surface area contributed by atoms with Gasteiger partial charge in [-0.1, -0.05) is 19.9 Å². The van der Waals surface area contributed by atoms with Gasteiger partial charge in [0.1, 0.15) is 11.7 Å². The van der Waals surface area contributed by atoms with Gasteiger partial charge in [0.25, 0.3) is 5.89 Å². The average Bonchev–Trinajstić information content (AvgIpc) is 3.38. The Hall–Kier alpha value is -2.32. The summed E-state index contributed by atoms with van der Waals surface area (Å²) in [4.78, 5) is 19.0. The molecule has 8 nitrogen and oxygen atoms in total. The topological polar surface area (TPSA) is 96.2 Å². The molecule has 27 heavy (non-hydrogen) atoms. The molecule has 2 unspecified atom stereocenters. The Labute approximate surface area is 158 Å². The highest BCUT2D eigenvalue weighted by Gasteiger charge is 2.35. The van der Waals surface area contributed by atoms with E-state index in [2.05, 4.69) is 39.9 Å². The van der Waals surface area contributed by atoms with E-state index in [-0.39, 0.29) is 17.9 Å². The van der Waals surface area contributed by atoms with Gasteiger partial charge in [-0.05, 0) is 37.3 Å². The van der Waals surface area contributed by atoms with Crippen molar-refractivity contribution < 1.29 is 9.21 Å². The molecular weight excluding hydrogens is 344 g/mol. The summed E-state index contributed by atoms with van der Waals surface area (Å²) in [5.41, 5.74) is 7.09. The molecule has 2 aromatic rings. The molecular formula is C19H26N6O2. The molecule has 2 atom stereocenters. The van der Waals surface area contributed by atoms with E-state index in [4.69, 9.17) is 4.42 Å². The van der Waals surface area contributed by atoms with Crippen LogP contribution in [0.4, 0.5) is 0 Å². The lowest BCUT2D eigenvalue weighted by Crippen LogP contribution is -2.48. The molecule has 0 radical (unpaired) electrons. The molecule has 4 heterocycles. The summed E-state index contributed by atoms with van der Waals surface area (Å²) in [5, 5.41) is 8.34. The van der Waals surface area contributed by atoms with E-state index in [1.54, 1.807) is 6.20 Å². The molecule has 2 aliphatic heterocycles. The van der Waals surface area contributed by atoms with Gasteiger partial charge in [0.05, 0.1) is 0 Å². The third-order valence-corrected chi connectivity index (χ3v) is 5.52. The maximum absolute atomic E-state index is 12.8. The van der Waals surface area contributed by atoms with E-state index in [1.165, 1.54) is 0 Å². The first-order valence-electron chi connectivity index (χ1n) is 9.66. The Bertz CT molecular complexity index is 770. The highest BCUT2D eigenvalue weighted by molar-refractivity contribution is 5.82. The normalized spacial score (nSPS) is 23.9. The zero-order chi connectivity index (χ0) is 18.8. The zero-order valence-corrected chi connectivity index (χ0v) is 15.8. The van der Waals surface area contributed by atoms with Crippen molar-refractivity contribution in [3.05, 3.63) is 30.3 Å². The number of pyridine rings is 1. The summed E-state index contributed by atoms with van der Waals surface area (Å²) >= 11 is 0. The van der Waals surface area contributed by atoms with Crippen LogP contribution in [0.2, 0.25) is 0 Å². The molecule has 2 N–H and O–H groups in total. The maximum atomic E-state index is 12.8. The molecule has 2 aromatic heterocycles. The summed E-state index contributed by atoms with van der Waals surface area (Å²) in [6.45, 7) is 5.77. The summed E-state index contributed by atoms with van der Waals surface area (Å²) in [5.74, 6) is 1.97. The van der Waals surface area contributed by atoms with Gasteiger partial charge in [-0.2, -0.15) is 0 Å². The highest BCUT2D eigenvalue weighted by Crippen LogP contribution is 2.29. The van der Waals surface area contributed by atoms with Crippen LogP contribution in [0.15, 0.2) is 28.8 Å². The minimum atomic E-state index is -0.131. The van der Waals surface area contributed by atoms with Gasteiger partial charge in [-0.25, -0.2) is 5.43 Å². The van der Waals surface area contributed by atoms with Crippen LogP contribution in [0.5, 0.6) is 0 Å². The molecule has 2 saturated heterocycles. The maximum Gasteiger partial charge on any atom is 0.266 e. The molecule has 0 aromatic carbocycles. The Morgan fingerprint density at radius 1 is 1.22 bits per heavy atom. The van der Waals surface area contributed by atoms with Crippen molar-refractivity contribution in [1.29, 1.82) is 0 Å². The smallest absolute Gasteiger partial charge is 0.266 e. The largest absolute Gasteiger partial charge is 0.419 e. The zero-order valence-electron chi connectivity index (χ0n) is 15.8. The highest BCUT2D eigenvalue weighted by atomic mass is 16.4. The third kappa shape index (κ3) is 3.86. The van der Waals surface area contributed by atoms with E-state index in [1.807, 2.05) is 23.1 Å². The first-order valence-corrected chi connectivity index (χ1v) is 9.66. The molecule has 0 aliphatic carbocycles. The van der Waals surface area contributed by atoms with Gasteiger partial charge in [0.2, 0.25) is 11.8 Å². The van der Waals surface area contributed by atoms with E-state index < -0.39 is 0 Å². The second-order valence-electron chi connectivity index (χ2n) is 7.69. The fourth-order valence-corrected chi connectivity index (χ4v) is 3.74.